The number of rotatable bonds is 1. The molecule has 1 aliphatic rings. The molecular weight excluding hydrogens is 304 g/mol. The molecule has 0 N–H and O–H groups in total. The average Bonchev–Trinajstić information content (AvgIpc) is 2.37. The predicted molar refractivity (Wildman–Crippen MR) is 78.3 cm³/mol. The number of hydrogen-bond donors (Lipinski definition) is 0. The molecule has 2 nitrogen and oxygen atoms in total. The van der Waals surface area contributed by atoms with Gasteiger partial charge in [-0.1, -0.05) is 46.3 Å². The van der Waals surface area contributed by atoms with E-state index >= 15 is 0 Å². The number of Topliss-reactive ketones (excluding diaryl/α,β-unsaturated/α-hetero) is 2. The van der Waals surface area contributed by atoms with Gasteiger partial charge in [-0.25, -0.2) is 0 Å². The van der Waals surface area contributed by atoms with Crippen molar-refractivity contribution in [1.82, 2.24) is 0 Å². The molecule has 2 aromatic rings. The summed E-state index contributed by atoms with van der Waals surface area (Å²) >= 11 is 3.54. The molecule has 0 bridgehead atoms. The molecule has 0 spiro atoms. The van der Waals surface area contributed by atoms with Crippen LogP contribution in [0.25, 0.3) is 10.8 Å². The van der Waals surface area contributed by atoms with Gasteiger partial charge in [-0.15, -0.1) is 0 Å². The van der Waals surface area contributed by atoms with E-state index in [1.54, 1.807) is 0 Å². The van der Waals surface area contributed by atoms with Crippen LogP contribution in [0.4, 0.5) is 0 Å². The molecule has 3 heteroatoms. The van der Waals surface area contributed by atoms with Gasteiger partial charge in [0, 0.05) is 17.3 Å². The fourth-order valence-electron chi connectivity index (χ4n) is 2.86. The van der Waals surface area contributed by atoms with Gasteiger partial charge in [-0.3, -0.25) is 9.59 Å². The lowest BCUT2D eigenvalue weighted by Crippen LogP contribution is -2.21. The molecule has 0 heterocycles. The molecule has 3 rings (SSSR count). The third-order valence-corrected chi connectivity index (χ3v) is 4.38. The first-order chi connectivity index (χ1) is 9.15. The summed E-state index contributed by atoms with van der Waals surface area (Å²) in [5.74, 6) is 0.160. The van der Waals surface area contributed by atoms with Gasteiger partial charge < -0.3 is 0 Å². The van der Waals surface area contributed by atoms with Crippen molar-refractivity contribution < 1.29 is 9.59 Å². The van der Waals surface area contributed by atoms with Gasteiger partial charge in [0.1, 0.15) is 11.6 Å². The second kappa shape index (κ2) is 4.89. The van der Waals surface area contributed by atoms with E-state index in [4.69, 9.17) is 0 Å². The van der Waals surface area contributed by atoms with Crippen molar-refractivity contribution in [2.75, 3.05) is 0 Å². The molecule has 0 unspecified atom stereocenters. The molecule has 0 atom stereocenters. The van der Waals surface area contributed by atoms with Crippen LogP contribution in [0.1, 0.15) is 30.7 Å². The normalized spacial score (nSPS) is 17.1. The lowest BCUT2D eigenvalue weighted by atomic mass is 9.81. The van der Waals surface area contributed by atoms with Crippen LogP contribution in [0.3, 0.4) is 0 Å². The summed E-state index contributed by atoms with van der Waals surface area (Å²) in [6, 6.07) is 12.1. The van der Waals surface area contributed by atoms with Crippen molar-refractivity contribution in [3.8, 4) is 0 Å². The van der Waals surface area contributed by atoms with Crippen LogP contribution in [0.15, 0.2) is 40.9 Å². The summed E-state index contributed by atoms with van der Waals surface area (Å²) in [6.45, 7) is 0. The minimum absolute atomic E-state index is 0.0340. The van der Waals surface area contributed by atoms with E-state index in [9.17, 15) is 9.59 Å². The SMILES string of the molecule is O=C1CC(=O)CC(c2cccc3c(Br)cccc23)C1. The van der Waals surface area contributed by atoms with E-state index in [0.717, 1.165) is 20.8 Å². The molecule has 19 heavy (non-hydrogen) atoms. The van der Waals surface area contributed by atoms with E-state index in [1.165, 1.54) is 0 Å². The fourth-order valence-corrected chi connectivity index (χ4v) is 3.36. The Kier molecular flexibility index (Phi) is 3.23. The monoisotopic (exact) mass is 316 g/mol. The van der Waals surface area contributed by atoms with Crippen LogP contribution in [-0.2, 0) is 9.59 Å². The molecule has 0 aliphatic heterocycles. The quantitative estimate of drug-likeness (QED) is 0.745. The van der Waals surface area contributed by atoms with Crippen LogP contribution in [0.5, 0.6) is 0 Å². The van der Waals surface area contributed by atoms with Crippen LogP contribution in [0, 0.1) is 0 Å². The lowest BCUT2D eigenvalue weighted by molar-refractivity contribution is -0.130. The van der Waals surface area contributed by atoms with E-state index in [1.807, 2.05) is 24.3 Å². The van der Waals surface area contributed by atoms with Crippen LogP contribution < -0.4 is 0 Å². The molecule has 1 fully saturated rings. The summed E-state index contributed by atoms with van der Waals surface area (Å²) in [5, 5.41) is 2.26. The largest absolute Gasteiger partial charge is 0.299 e. The van der Waals surface area contributed by atoms with Gasteiger partial charge in [0.2, 0.25) is 0 Å². The Labute approximate surface area is 119 Å². The first-order valence-electron chi connectivity index (χ1n) is 6.35. The Morgan fingerprint density at radius 2 is 1.53 bits per heavy atom. The maximum Gasteiger partial charge on any atom is 0.140 e. The number of ketones is 2. The lowest BCUT2D eigenvalue weighted by Gasteiger charge is -2.22. The minimum atomic E-state index is 0.0340. The van der Waals surface area contributed by atoms with Crippen molar-refractivity contribution in [3.05, 3.63) is 46.4 Å². The van der Waals surface area contributed by atoms with Gasteiger partial charge in [0.05, 0.1) is 6.42 Å². The molecule has 0 saturated heterocycles. The van der Waals surface area contributed by atoms with Crippen molar-refractivity contribution >= 4 is 38.3 Å². The highest BCUT2D eigenvalue weighted by Crippen LogP contribution is 2.35. The maximum absolute atomic E-state index is 11.6. The summed E-state index contributed by atoms with van der Waals surface area (Å²) in [5.41, 5.74) is 1.11. The molecule has 1 aliphatic carbocycles. The zero-order valence-corrected chi connectivity index (χ0v) is 11.9. The van der Waals surface area contributed by atoms with Gasteiger partial charge >= 0.3 is 0 Å². The summed E-state index contributed by atoms with van der Waals surface area (Å²) in [4.78, 5) is 23.3. The smallest absolute Gasteiger partial charge is 0.140 e. The van der Waals surface area contributed by atoms with Crippen LogP contribution >= 0.6 is 15.9 Å². The first kappa shape index (κ1) is 12.5. The van der Waals surface area contributed by atoms with E-state index in [0.29, 0.717) is 12.8 Å². The Morgan fingerprint density at radius 1 is 0.895 bits per heavy atom. The topological polar surface area (TPSA) is 34.1 Å². The van der Waals surface area contributed by atoms with Crippen molar-refractivity contribution in [1.29, 1.82) is 0 Å². The van der Waals surface area contributed by atoms with E-state index in [2.05, 4.69) is 28.1 Å². The molecule has 96 valence electrons. The minimum Gasteiger partial charge on any atom is -0.299 e. The average molecular weight is 317 g/mol. The number of halogens is 1. The summed E-state index contributed by atoms with van der Waals surface area (Å²) in [6.07, 6.45) is 1.08. The number of carbonyl (C=O) groups is 2. The van der Waals surface area contributed by atoms with Gasteiger partial charge in [-0.2, -0.15) is 0 Å². The summed E-state index contributed by atoms with van der Waals surface area (Å²) < 4.78 is 1.04. The van der Waals surface area contributed by atoms with Crippen molar-refractivity contribution in [3.63, 3.8) is 0 Å². The highest BCUT2D eigenvalue weighted by atomic mass is 79.9. The number of hydrogen-bond acceptors (Lipinski definition) is 2. The zero-order chi connectivity index (χ0) is 13.4. The Balaban J connectivity index is 2.12. The van der Waals surface area contributed by atoms with Gasteiger partial charge in [-0.05, 0) is 28.3 Å². The number of fused-ring (bicyclic) bond motifs is 1. The number of carbonyl (C=O) groups excluding carboxylic acids is 2. The van der Waals surface area contributed by atoms with E-state index in [-0.39, 0.29) is 23.9 Å². The second-order valence-corrected chi connectivity index (χ2v) is 5.90. The standard InChI is InChI=1S/C16H13BrO2/c17-16-6-2-4-14-13(3-1-5-15(14)16)10-7-11(18)9-12(19)8-10/h1-6,10H,7-9H2. The van der Waals surface area contributed by atoms with E-state index < -0.39 is 0 Å². The number of benzene rings is 2. The zero-order valence-electron chi connectivity index (χ0n) is 10.4. The summed E-state index contributed by atoms with van der Waals surface area (Å²) in [7, 11) is 0. The molecule has 0 radical (unpaired) electrons. The molecular formula is C16H13BrO2. The Bertz CT molecular complexity index is 660. The van der Waals surface area contributed by atoms with Crippen LogP contribution in [0.2, 0.25) is 0 Å². The molecule has 0 aromatic heterocycles. The Morgan fingerprint density at radius 3 is 2.26 bits per heavy atom. The van der Waals surface area contributed by atoms with Gasteiger partial charge in [0.25, 0.3) is 0 Å². The second-order valence-electron chi connectivity index (χ2n) is 5.04. The maximum atomic E-state index is 11.6. The third kappa shape index (κ3) is 2.35. The van der Waals surface area contributed by atoms with Crippen molar-refractivity contribution in [2.24, 2.45) is 0 Å². The van der Waals surface area contributed by atoms with Gasteiger partial charge in [0.15, 0.2) is 0 Å². The van der Waals surface area contributed by atoms with Crippen molar-refractivity contribution in [2.45, 2.75) is 25.2 Å². The highest BCUT2D eigenvalue weighted by molar-refractivity contribution is 9.10. The van der Waals surface area contributed by atoms with Crippen LogP contribution in [-0.4, -0.2) is 11.6 Å². The Hall–Kier alpha value is -1.48. The molecule has 0 amide bonds. The predicted octanol–water partition coefficient (Wildman–Crippen LogP) is 4.01. The first-order valence-corrected chi connectivity index (χ1v) is 7.15. The molecule has 2 aromatic carbocycles. The fraction of sp³-hybridized carbons (Fsp3) is 0.250. The third-order valence-electron chi connectivity index (χ3n) is 3.68. The highest BCUT2D eigenvalue weighted by Gasteiger charge is 2.27. The molecule has 1 saturated carbocycles.